The van der Waals surface area contributed by atoms with E-state index in [0.717, 1.165) is 43.5 Å². The van der Waals surface area contributed by atoms with Gasteiger partial charge in [0.2, 0.25) is 11.9 Å². The molecule has 9 atom stereocenters. The van der Waals surface area contributed by atoms with E-state index in [0.29, 0.717) is 63.5 Å². The molecule has 32 nitrogen and oxygen atoms in total. The number of guanidine groups is 1. The number of aromatic amines is 1. The Morgan fingerprint density at radius 2 is 0.818 bits per heavy atom. The molecule has 36 heteroatoms. The number of imidazole rings is 1. The van der Waals surface area contributed by atoms with E-state index < -0.39 is 65.8 Å². The summed E-state index contributed by atoms with van der Waals surface area (Å²) in [7, 11) is -11.0. The molecular weight excluding hydrogens is 1880 g/mol. The van der Waals surface area contributed by atoms with E-state index in [1.54, 1.807) is 47.6 Å². The van der Waals surface area contributed by atoms with Gasteiger partial charge in [-0.15, -0.1) is 0 Å². The van der Waals surface area contributed by atoms with Gasteiger partial charge in [0.25, 0.3) is 11.5 Å². The van der Waals surface area contributed by atoms with Gasteiger partial charge in [0.05, 0.1) is 97.1 Å². The van der Waals surface area contributed by atoms with Crippen molar-refractivity contribution in [1.29, 1.82) is 5.41 Å². The number of alkyl halides is 1. The molecule has 0 radical (unpaired) electrons. The number of unbranched alkanes of at least 4 members (excludes halogenated alkanes) is 45. The number of hydrogen-bond donors (Lipinski definition) is 5. The van der Waals surface area contributed by atoms with Crippen LogP contribution in [0.1, 0.15) is 356 Å². The average Bonchev–Trinajstić information content (AvgIpc) is 1.66. The molecular formula is C107H181FN15O17P3. The molecule has 6 heterocycles. The number of nitrogens with zero attached hydrogens (tertiary/aromatic N) is 10. The van der Waals surface area contributed by atoms with E-state index in [1.807, 2.05) is 73.3 Å². The zero-order valence-electron chi connectivity index (χ0n) is 86.7. The number of aliphatic imine (C=N–C) groups is 5. The van der Waals surface area contributed by atoms with Gasteiger partial charge >= 0.3 is 22.8 Å². The van der Waals surface area contributed by atoms with Gasteiger partial charge < -0.3 is 72.4 Å². The van der Waals surface area contributed by atoms with Gasteiger partial charge in [-0.25, -0.2) is 23.5 Å². The molecule has 0 aliphatic carbocycles. The Labute approximate surface area is 855 Å². The smallest absolute Gasteiger partial charge is 0.404 e. The van der Waals surface area contributed by atoms with E-state index in [4.69, 9.17) is 72.4 Å². The van der Waals surface area contributed by atoms with Crippen LogP contribution < -0.4 is 31.4 Å². The van der Waals surface area contributed by atoms with Gasteiger partial charge in [-0.1, -0.05) is 384 Å². The predicted molar refractivity (Wildman–Crippen MR) is 578 cm³/mol. The minimum atomic E-state index is -3.84. The number of carbonyl (C=O) groups is 1. The fourth-order valence-electron chi connectivity index (χ4n) is 16.8. The summed E-state index contributed by atoms with van der Waals surface area (Å²) in [6, 6.07) is 26.1. The quantitative estimate of drug-likeness (QED) is 0.0178. The SMILES string of the molecule is C.CCCCCCCCCCCCCCCCCCOCCOP(=O)(COC(C)CN1C=NC2C(=O)NC(=N)N=C21)OCc1ccccc1.CCCCCCCCCCCCCCCCCCOCCOP(=O)(COC(C)CN1C=NC2C1=NC=NC2N)Oc1ccccc1.CCCCCCCCCCCCCCCCCCOCCOP(=O)(COC(CF)Cn1cnc2c(=O)[nH]c(N)nc21)Oc1ccccc1. The minimum Gasteiger partial charge on any atom is -0.423 e. The number of carbonyl (C=O) groups excluding carboxylic acids is 1. The Morgan fingerprint density at radius 1 is 0.448 bits per heavy atom. The summed E-state index contributed by atoms with van der Waals surface area (Å²) in [5.41, 5.74) is 12.3. The largest absolute Gasteiger partial charge is 0.423 e. The molecule has 2 aromatic heterocycles. The molecule has 4 aliphatic heterocycles. The van der Waals surface area contributed by atoms with Crippen LogP contribution in [-0.4, -0.2) is 207 Å². The second-order valence-corrected chi connectivity index (χ2v) is 43.5. The number of aromatic nitrogens is 4. The first-order valence-corrected chi connectivity index (χ1v) is 59.2. The van der Waals surface area contributed by atoms with Gasteiger partial charge in [-0.05, 0) is 62.9 Å². The summed E-state index contributed by atoms with van der Waals surface area (Å²) in [5, 5.41) is 10.1. The number of hydrogen-bond acceptors (Lipinski definition) is 28. The first-order valence-electron chi connectivity index (χ1n) is 54.0. The third-order valence-electron chi connectivity index (χ3n) is 25.0. The Bertz CT molecular complexity index is 4490. The third kappa shape index (κ3) is 55.5. The molecule has 0 bridgehead atoms. The number of rotatable bonds is 86. The number of ether oxygens (including phenoxy) is 6. The number of halogens is 1. The lowest BCUT2D eigenvalue weighted by Crippen LogP contribution is -2.49. The molecule has 0 fully saturated rings. The third-order valence-corrected chi connectivity index (χ3v) is 29.6. The highest BCUT2D eigenvalue weighted by Crippen LogP contribution is 2.51. The monoisotopic (exact) mass is 2060 g/mol. The molecule has 9 rings (SSSR count). The van der Waals surface area contributed by atoms with Crippen molar-refractivity contribution < 1.29 is 78.4 Å². The van der Waals surface area contributed by atoms with Crippen LogP contribution in [0.3, 0.4) is 0 Å². The number of fused-ring (bicyclic) bond motifs is 3. The maximum atomic E-state index is 14.0. The van der Waals surface area contributed by atoms with Gasteiger partial charge in [0.15, 0.2) is 29.9 Å². The second-order valence-electron chi connectivity index (χ2n) is 37.7. The highest BCUT2D eigenvalue weighted by Gasteiger charge is 2.39. The summed E-state index contributed by atoms with van der Waals surface area (Å²) in [4.78, 5) is 59.3. The molecule has 143 heavy (non-hydrogen) atoms. The highest BCUT2D eigenvalue weighted by atomic mass is 31.2. The van der Waals surface area contributed by atoms with Crippen molar-refractivity contribution in [2.24, 2.45) is 30.7 Å². The van der Waals surface area contributed by atoms with Crippen molar-refractivity contribution in [3.63, 3.8) is 0 Å². The number of nitrogen functional groups attached to an aromatic ring is 1. The first kappa shape index (κ1) is 124. The lowest BCUT2D eigenvalue weighted by Gasteiger charge is -2.26. The lowest BCUT2D eigenvalue weighted by molar-refractivity contribution is -0.119. The van der Waals surface area contributed by atoms with Crippen LogP contribution in [0.25, 0.3) is 11.2 Å². The van der Waals surface area contributed by atoms with Crippen LogP contribution in [0.15, 0.2) is 127 Å². The van der Waals surface area contributed by atoms with Crippen molar-refractivity contribution in [2.45, 2.75) is 400 Å². The van der Waals surface area contributed by atoms with Gasteiger partial charge in [-0.2, -0.15) is 9.98 Å². The number of amides is 1. The Balaban J connectivity index is 0.000000327. The Morgan fingerprint density at radius 3 is 1.23 bits per heavy atom. The molecule has 4 aliphatic rings. The summed E-state index contributed by atoms with van der Waals surface area (Å²) >= 11 is 0. The minimum absolute atomic E-state index is 0. The molecule has 0 spiro atoms. The second kappa shape index (κ2) is 78.0. The summed E-state index contributed by atoms with van der Waals surface area (Å²) in [6.45, 7) is 13.7. The molecule has 0 saturated carbocycles. The predicted octanol–water partition coefficient (Wildman–Crippen LogP) is 25.8. The van der Waals surface area contributed by atoms with Crippen LogP contribution in [-0.2, 0) is 78.2 Å². The highest BCUT2D eigenvalue weighted by molar-refractivity contribution is 7.54. The van der Waals surface area contributed by atoms with Crippen LogP contribution in [0.2, 0.25) is 0 Å². The lowest BCUT2D eigenvalue weighted by atomic mass is 10.0. The number of nitrogens with two attached hydrogens (primary N) is 2. The molecule has 5 aromatic rings. The molecule has 1 amide bonds. The topological polar surface area (TPSA) is 399 Å². The molecule has 7 N–H and O–H groups in total. The Kier molecular flexibility index (Phi) is 67.8. The number of H-pyrrole nitrogens is 1. The fourth-order valence-corrected chi connectivity index (χ4v) is 20.9. The summed E-state index contributed by atoms with van der Waals surface area (Å²) in [5.74, 6) is 1.23. The van der Waals surface area contributed by atoms with E-state index in [1.165, 1.54) is 300 Å². The number of amidine groups is 2. The molecule has 3 aromatic carbocycles. The average molecular weight is 2060 g/mol. The summed E-state index contributed by atoms with van der Waals surface area (Å²) < 4.78 is 126. The van der Waals surface area contributed by atoms with Gasteiger partial charge in [0.1, 0.15) is 60.8 Å². The number of anilines is 1. The van der Waals surface area contributed by atoms with E-state index in [9.17, 15) is 27.7 Å². The number of nitrogens with one attached hydrogen (secondary N) is 3. The van der Waals surface area contributed by atoms with Crippen LogP contribution in [0.5, 0.6) is 11.5 Å². The van der Waals surface area contributed by atoms with Crippen LogP contribution in [0.4, 0.5) is 10.3 Å². The van der Waals surface area contributed by atoms with Gasteiger partial charge in [-0.3, -0.25) is 53.9 Å². The van der Waals surface area contributed by atoms with Crippen LogP contribution >= 0.6 is 22.8 Å². The molecule has 9 unspecified atom stereocenters. The van der Waals surface area contributed by atoms with E-state index in [-0.39, 0.29) is 101 Å². The van der Waals surface area contributed by atoms with Crippen molar-refractivity contribution in [3.05, 3.63) is 113 Å². The standard InChI is InChI=1S/C36H60N5O6P.C35H57FN5O6P.C35H60N5O5P.CH4/c1-3-4-5-6-7-8-9-10-11-12-13-14-15-16-17-21-24-44-25-26-46-48(43,47-28-32-22-19-18-20-23-32)30-45-31(2)27-41-29-38-33-34(41)39-36(37)40-35(33)42;1-2-3-4-5-6-7-8-9-10-11-12-13-14-15-16-20-23-44-24-25-46-48(43,47-30-21-18-17-19-22-30)29-45-31(26-36)27-41-28-38-32-33(41)39-35(37)40-34(32)42;1-3-4-5-6-7-8-9-10-11-12-13-14-15-16-17-21-24-42-25-26-44-46(41,45-32-22-19-18-20-23-32)30-43-31(2)27-40-29-39-33-34(36)37-28-38-35(33)40;/h18-20,22-23,29,31,33H,3-17,21,24-28,30H2,1-2H3,(H2,37,40,42);17-19,21-22,28,31H,2-16,20,23-27,29H2,1H3,(H3,37,39,40,42);18-20,22-23,28-29,31,33-34H,3-17,21,24-27,30,36H2,1-2H3;1H4. The van der Waals surface area contributed by atoms with Crippen molar-refractivity contribution in [1.82, 2.24) is 34.6 Å². The zero-order chi connectivity index (χ0) is 101. The van der Waals surface area contributed by atoms with Crippen LogP contribution in [0, 0.1) is 5.41 Å². The maximum absolute atomic E-state index is 14.0. The molecule has 0 saturated heterocycles. The fraction of sp³-hybridized carbons (Fsp3) is 0.720. The molecule has 808 valence electrons. The van der Waals surface area contributed by atoms with Crippen molar-refractivity contribution in [3.8, 4) is 11.5 Å². The number of para-hydroxylation sites is 2. The number of benzene rings is 3. The van der Waals surface area contributed by atoms with Crippen molar-refractivity contribution >= 4 is 82.5 Å². The normalized spacial score (nSPS) is 16.7. The maximum Gasteiger partial charge on any atom is 0.404 e. The van der Waals surface area contributed by atoms with Crippen molar-refractivity contribution in [2.75, 3.05) is 104 Å². The van der Waals surface area contributed by atoms with E-state index >= 15 is 0 Å². The zero-order valence-corrected chi connectivity index (χ0v) is 89.4. The first-order chi connectivity index (χ1) is 69.3. The van der Waals surface area contributed by atoms with E-state index in [2.05, 4.69) is 66.0 Å². The Hall–Kier alpha value is -7.32. The van der Waals surface area contributed by atoms with Gasteiger partial charge in [0, 0.05) is 19.8 Å². The summed E-state index contributed by atoms with van der Waals surface area (Å²) in [6.07, 6.45) is 66.8.